The van der Waals surface area contributed by atoms with Crippen LogP contribution in [0.15, 0.2) is 48.5 Å². The number of likely N-dealkylation sites (tertiary alicyclic amines) is 1. The van der Waals surface area contributed by atoms with Crippen molar-refractivity contribution in [2.24, 2.45) is 11.8 Å². The predicted molar refractivity (Wildman–Crippen MR) is 110 cm³/mol. The van der Waals surface area contributed by atoms with Gasteiger partial charge in [0, 0.05) is 13.1 Å². The van der Waals surface area contributed by atoms with Gasteiger partial charge in [-0.1, -0.05) is 36.4 Å². The van der Waals surface area contributed by atoms with Crippen molar-refractivity contribution in [2.75, 3.05) is 20.8 Å². The molecule has 2 saturated heterocycles. The number of esters is 1. The van der Waals surface area contributed by atoms with Crippen LogP contribution in [0.3, 0.4) is 0 Å². The highest BCUT2D eigenvalue weighted by atomic mass is 16.5. The first kappa shape index (κ1) is 20.9. The Kier molecular flexibility index (Phi) is 5.18. The molecule has 2 aliphatic rings. The number of imide groups is 1. The van der Waals surface area contributed by atoms with Crippen LogP contribution >= 0.6 is 0 Å². The van der Waals surface area contributed by atoms with E-state index in [4.69, 9.17) is 9.47 Å². The molecule has 0 aromatic heterocycles. The summed E-state index contributed by atoms with van der Waals surface area (Å²) in [5, 5.41) is 13.3. The van der Waals surface area contributed by atoms with Crippen molar-refractivity contribution in [3.63, 3.8) is 0 Å². The summed E-state index contributed by atoms with van der Waals surface area (Å²) in [7, 11) is 2.85. The third-order valence-electron chi connectivity index (χ3n) is 6.17. The summed E-state index contributed by atoms with van der Waals surface area (Å²) in [6.45, 7) is 1.82. The molecule has 2 aromatic carbocycles. The van der Waals surface area contributed by atoms with E-state index in [0.29, 0.717) is 11.1 Å². The summed E-state index contributed by atoms with van der Waals surface area (Å²) < 4.78 is 10.6. The minimum Gasteiger partial charge on any atom is -0.504 e. The largest absolute Gasteiger partial charge is 0.504 e. The minimum atomic E-state index is -1.53. The van der Waals surface area contributed by atoms with Gasteiger partial charge in [-0.15, -0.1) is 0 Å². The highest BCUT2D eigenvalue weighted by Crippen LogP contribution is 2.53. The maximum Gasteiger partial charge on any atom is 0.331 e. The minimum absolute atomic E-state index is 0.0496. The van der Waals surface area contributed by atoms with Crippen LogP contribution in [0.4, 0.5) is 0 Å². The van der Waals surface area contributed by atoms with Crippen molar-refractivity contribution >= 4 is 17.8 Å². The van der Waals surface area contributed by atoms with Crippen LogP contribution in [0, 0.1) is 11.8 Å². The average Bonchev–Trinajstić information content (AvgIpc) is 3.25. The van der Waals surface area contributed by atoms with Crippen molar-refractivity contribution in [1.82, 2.24) is 10.2 Å². The van der Waals surface area contributed by atoms with Crippen LogP contribution in [0.2, 0.25) is 0 Å². The molecule has 0 unspecified atom stereocenters. The molecule has 2 amide bonds. The number of carbonyl (C=O) groups is 3. The van der Waals surface area contributed by atoms with Gasteiger partial charge in [0.05, 0.1) is 25.6 Å². The second-order valence-corrected chi connectivity index (χ2v) is 7.69. The number of benzene rings is 2. The van der Waals surface area contributed by atoms with Gasteiger partial charge in [0.2, 0.25) is 11.8 Å². The fourth-order valence-corrected chi connectivity index (χ4v) is 4.74. The number of methoxy groups -OCH3 is 1. The molecule has 0 radical (unpaired) electrons. The lowest BCUT2D eigenvalue weighted by atomic mass is 9.75. The summed E-state index contributed by atoms with van der Waals surface area (Å²) in [5.41, 5.74) is -0.369. The van der Waals surface area contributed by atoms with E-state index in [1.165, 1.54) is 20.2 Å². The SMILES string of the molecule is CCOC(=O)[C@]1(c2ccccc2)N[C@H](c2ccc(O)c(OC)c2)[C@@H]2C(=O)N(C)C(=O)[C@@H]21. The molecule has 0 spiro atoms. The Hall–Kier alpha value is -3.39. The summed E-state index contributed by atoms with van der Waals surface area (Å²) >= 11 is 0. The molecule has 0 bridgehead atoms. The second-order valence-electron chi connectivity index (χ2n) is 7.69. The predicted octanol–water partition coefficient (Wildman–Crippen LogP) is 1.73. The number of phenols is 1. The lowest BCUT2D eigenvalue weighted by molar-refractivity contribution is -0.156. The first-order valence-electron chi connectivity index (χ1n) is 10.1. The number of rotatable bonds is 5. The topological polar surface area (TPSA) is 105 Å². The molecule has 4 atom stereocenters. The van der Waals surface area contributed by atoms with Crippen molar-refractivity contribution < 1.29 is 29.0 Å². The van der Waals surface area contributed by atoms with Crippen LogP contribution in [0.1, 0.15) is 24.1 Å². The van der Waals surface area contributed by atoms with E-state index in [9.17, 15) is 19.5 Å². The van der Waals surface area contributed by atoms with Crippen molar-refractivity contribution in [2.45, 2.75) is 18.5 Å². The van der Waals surface area contributed by atoms with Crippen LogP contribution < -0.4 is 10.1 Å². The maximum atomic E-state index is 13.4. The third kappa shape index (κ3) is 2.97. The van der Waals surface area contributed by atoms with E-state index in [1.54, 1.807) is 43.3 Å². The van der Waals surface area contributed by atoms with Gasteiger partial charge < -0.3 is 14.6 Å². The molecule has 0 aliphatic carbocycles. The van der Waals surface area contributed by atoms with Gasteiger partial charge in [-0.2, -0.15) is 0 Å². The molecule has 2 aliphatic heterocycles. The van der Waals surface area contributed by atoms with E-state index < -0.39 is 35.3 Å². The zero-order valence-corrected chi connectivity index (χ0v) is 17.5. The molecule has 31 heavy (non-hydrogen) atoms. The molecule has 0 saturated carbocycles. The van der Waals surface area contributed by atoms with Crippen molar-refractivity contribution in [1.29, 1.82) is 0 Å². The first-order chi connectivity index (χ1) is 14.9. The lowest BCUT2D eigenvalue weighted by Crippen LogP contribution is -2.53. The Bertz CT molecular complexity index is 1040. The molecule has 162 valence electrons. The van der Waals surface area contributed by atoms with Crippen molar-refractivity contribution in [3.05, 3.63) is 59.7 Å². The molecule has 4 rings (SSSR count). The normalized spacial score (nSPS) is 27.3. The van der Waals surface area contributed by atoms with Gasteiger partial charge in [-0.25, -0.2) is 4.79 Å². The molecular weight excluding hydrogens is 400 g/mol. The number of nitrogens with zero attached hydrogens (tertiary/aromatic N) is 1. The molecular formula is C23H24N2O6. The molecule has 8 heteroatoms. The number of phenolic OH excluding ortho intramolecular Hbond substituents is 1. The van der Waals surface area contributed by atoms with Gasteiger partial charge in [0.1, 0.15) is 0 Å². The Morgan fingerprint density at radius 1 is 1.16 bits per heavy atom. The Balaban J connectivity index is 1.93. The fourth-order valence-electron chi connectivity index (χ4n) is 4.74. The lowest BCUT2D eigenvalue weighted by Gasteiger charge is -2.33. The number of carbonyl (C=O) groups excluding carboxylic acids is 3. The number of hydrogen-bond donors (Lipinski definition) is 2. The van der Waals surface area contributed by atoms with Crippen LogP contribution in [-0.2, 0) is 24.7 Å². The number of aromatic hydroxyl groups is 1. The molecule has 2 fully saturated rings. The Morgan fingerprint density at radius 2 is 1.87 bits per heavy atom. The summed E-state index contributed by atoms with van der Waals surface area (Å²) in [5.74, 6) is -3.04. The zero-order valence-electron chi connectivity index (χ0n) is 17.5. The Labute approximate surface area is 179 Å². The van der Waals surface area contributed by atoms with E-state index in [2.05, 4.69) is 5.32 Å². The zero-order chi connectivity index (χ0) is 22.3. The molecule has 2 aromatic rings. The van der Waals surface area contributed by atoms with E-state index in [-0.39, 0.29) is 24.0 Å². The van der Waals surface area contributed by atoms with Gasteiger partial charge in [-0.05, 0) is 30.2 Å². The monoisotopic (exact) mass is 424 g/mol. The number of amides is 2. The highest BCUT2D eigenvalue weighted by Gasteiger charge is 2.69. The summed E-state index contributed by atoms with van der Waals surface area (Å²) in [4.78, 5) is 40.8. The number of ether oxygens (including phenoxy) is 2. The number of nitrogens with one attached hydrogen (secondary N) is 1. The fraction of sp³-hybridized carbons (Fsp3) is 0.348. The summed E-state index contributed by atoms with van der Waals surface area (Å²) in [6.07, 6.45) is 0. The number of fused-ring (bicyclic) bond motifs is 1. The molecule has 2 N–H and O–H groups in total. The molecule has 8 nitrogen and oxygen atoms in total. The second kappa shape index (κ2) is 7.70. The van der Waals surface area contributed by atoms with E-state index in [0.717, 1.165) is 4.90 Å². The quantitative estimate of drug-likeness (QED) is 0.556. The third-order valence-corrected chi connectivity index (χ3v) is 6.17. The van der Waals surface area contributed by atoms with Crippen molar-refractivity contribution in [3.8, 4) is 11.5 Å². The van der Waals surface area contributed by atoms with E-state index >= 15 is 0 Å². The summed E-state index contributed by atoms with van der Waals surface area (Å²) in [6, 6.07) is 12.9. The van der Waals surface area contributed by atoms with Gasteiger partial charge >= 0.3 is 5.97 Å². The highest BCUT2D eigenvalue weighted by molar-refractivity contribution is 6.09. The smallest absolute Gasteiger partial charge is 0.331 e. The molecule has 2 heterocycles. The van der Waals surface area contributed by atoms with E-state index in [1.807, 2.05) is 6.07 Å². The Morgan fingerprint density at radius 3 is 2.52 bits per heavy atom. The maximum absolute atomic E-state index is 13.4. The first-order valence-corrected chi connectivity index (χ1v) is 10.1. The van der Waals surface area contributed by atoms with Gasteiger partial charge in [0.25, 0.3) is 0 Å². The number of hydrogen-bond acceptors (Lipinski definition) is 7. The van der Waals surface area contributed by atoms with Gasteiger partial charge in [-0.3, -0.25) is 19.8 Å². The standard InChI is InChI=1S/C23H24N2O6/c1-4-31-22(29)23(14-8-6-5-7-9-14)18-17(20(27)25(2)21(18)28)19(24-23)13-10-11-15(26)16(12-13)30-3/h5-12,17-19,24,26H,4H2,1-3H3/t17-,18-,19-,23-/m1/s1. The van der Waals surface area contributed by atoms with Crippen LogP contribution in [0.5, 0.6) is 11.5 Å². The van der Waals surface area contributed by atoms with Crippen LogP contribution in [0.25, 0.3) is 0 Å². The van der Waals surface area contributed by atoms with Gasteiger partial charge in [0.15, 0.2) is 17.0 Å². The average molecular weight is 424 g/mol. The van der Waals surface area contributed by atoms with Crippen LogP contribution in [-0.4, -0.2) is 48.6 Å².